The van der Waals surface area contributed by atoms with Crippen molar-refractivity contribution in [1.29, 1.82) is 0 Å². The Hall–Kier alpha value is -2.67. The number of furan rings is 1. The van der Waals surface area contributed by atoms with E-state index in [1.807, 2.05) is 30.0 Å². The average molecular weight is 373 g/mol. The van der Waals surface area contributed by atoms with Crippen LogP contribution in [-0.2, 0) is 22.7 Å². The average Bonchev–Trinajstić information content (AvgIpc) is 3.02. The number of rotatable bonds is 6. The molecular formula is C20H24FN3O3. The summed E-state index contributed by atoms with van der Waals surface area (Å²) in [7, 11) is 1.69. The quantitative estimate of drug-likeness (QED) is 0.842. The Morgan fingerprint density at radius 2 is 2.19 bits per heavy atom. The summed E-state index contributed by atoms with van der Waals surface area (Å²) in [5, 5.41) is 2.81. The number of hydrogen-bond acceptors (Lipinski definition) is 4. The molecule has 2 aromatic rings. The van der Waals surface area contributed by atoms with Gasteiger partial charge < -0.3 is 14.6 Å². The van der Waals surface area contributed by atoms with Crippen molar-refractivity contribution < 1.29 is 18.4 Å². The van der Waals surface area contributed by atoms with Crippen molar-refractivity contribution in [2.24, 2.45) is 0 Å². The summed E-state index contributed by atoms with van der Waals surface area (Å²) in [6, 6.07) is 9.42. The van der Waals surface area contributed by atoms with Gasteiger partial charge in [0.2, 0.25) is 11.8 Å². The lowest BCUT2D eigenvalue weighted by Gasteiger charge is -2.35. The van der Waals surface area contributed by atoms with E-state index in [1.54, 1.807) is 18.0 Å². The van der Waals surface area contributed by atoms with Crippen LogP contribution >= 0.6 is 0 Å². The summed E-state index contributed by atoms with van der Waals surface area (Å²) in [5.41, 5.74) is 0.779. The van der Waals surface area contributed by atoms with Gasteiger partial charge in [0, 0.05) is 26.7 Å². The summed E-state index contributed by atoms with van der Waals surface area (Å²) >= 11 is 0. The maximum atomic E-state index is 13.5. The predicted molar refractivity (Wildman–Crippen MR) is 98.1 cm³/mol. The van der Waals surface area contributed by atoms with Crippen LogP contribution < -0.4 is 5.32 Å². The first kappa shape index (κ1) is 19.1. The zero-order chi connectivity index (χ0) is 19.4. The first-order chi connectivity index (χ1) is 12.9. The molecule has 1 aromatic heterocycles. The molecule has 1 fully saturated rings. The number of carbonyl (C=O) groups is 2. The third kappa shape index (κ3) is 4.95. The van der Waals surface area contributed by atoms with E-state index in [0.717, 1.165) is 11.3 Å². The van der Waals surface area contributed by atoms with Gasteiger partial charge in [-0.25, -0.2) is 4.39 Å². The van der Waals surface area contributed by atoms with Gasteiger partial charge in [0.1, 0.15) is 17.3 Å². The van der Waals surface area contributed by atoms with Crippen molar-refractivity contribution >= 4 is 11.8 Å². The van der Waals surface area contributed by atoms with E-state index < -0.39 is 6.04 Å². The molecule has 2 heterocycles. The Kier molecular flexibility index (Phi) is 5.91. The van der Waals surface area contributed by atoms with E-state index in [0.29, 0.717) is 31.9 Å². The lowest BCUT2D eigenvalue weighted by atomic mass is 10.1. The number of halogens is 1. The van der Waals surface area contributed by atoms with E-state index >= 15 is 0 Å². The lowest BCUT2D eigenvalue weighted by Crippen LogP contribution is -2.56. The van der Waals surface area contributed by atoms with Gasteiger partial charge in [0.15, 0.2) is 0 Å². The van der Waals surface area contributed by atoms with Crippen LogP contribution in [-0.4, -0.2) is 47.8 Å². The number of benzene rings is 1. The van der Waals surface area contributed by atoms with Crippen molar-refractivity contribution in [1.82, 2.24) is 15.1 Å². The molecule has 0 aliphatic carbocycles. The number of piperazine rings is 1. The second-order valence-electron chi connectivity index (χ2n) is 6.87. The summed E-state index contributed by atoms with van der Waals surface area (Å²) in [6.45, 7) is 3.75. The van der Waals surface area contributed by atoms with Gasteiger partial charge in [-0.3, -0.25) is 14.5 Å². The molecule has 6 nitrogen and oxygen atoms in total. The second kappa shape index (κ2) is 8.35. The van der Waals surface area contributed by atoms with E-state index in [-0.39, 0.29) is 24.1 Å². The highest BCUT2D eigenvalue weighted by atomic mass is 19.1. The highest BCUT2D eigenvalue weighted by Gasteiger charge is 2.32. The third-order valence-corrected chi connectivity index (χ3v) is 4.70. The number of nitrogens with zero attached hydrogens (tertiary/aromatic N) is 2. The second-order valence-corrected chi connectivity index (χ2v) is 6.87. The Bertz CT molecular complexity index is 820. The standard InChI is InChI=1S/C20H24FN3O3/c1-14-6-7-17(27-14)13-23(2)19(25)11-18-20(26)22-8-9-24(18)12-15-4-3-5-16(21)10-15/h3-7,10,18H,8-9,11-13H2,1-2H3,(H,22,26)/t18-/m0/s1. The monoisotopic (exact) mass is 373 g/mol. The molecule has 27 heavy (non-hydrogen) atoms. The van der Waals surface area contributed by atoms with Gasteiger partial charge in [0.25, 0.3) is 0 Å². The van der Waals surface area contributed by atoms with Gasteiger partial charge in [-0.15, -0.1) is 0 Å². The predicted octanol–water partition coefficient (Wildman–Crippen LogP) is 2.08. The van der Waals surface area contributed by atoms with Crippen LogP contribution in [0.15, 0.2) is 40.8 Å². The Morgan fingerprint density at radius 3 is 2.89 bits per heavy atom. The maximum Gasteiger partial charge on any atom is 0.237 e. The van der Waals surface area contributed by atoms with Crippen molar-refractivity contribution in [2.75, 3.05) is 20.1 Å². The molecule has 0 bridgehead atoms. The molecule has 0 spiro atoms. The van der Waals surface area contributed by atoms with Gasteiger partial charge in [0.05, 0.1) is 19.0 Å². The molecule has 1 aliphatic rings. The van der Waals surface area contributed by atoms with Crippen molar-refractivity contribution in [3.8, 4) is 0 Å². The van der Waals surface area contributed by atoms with Crippen molar-refractivity contribution in [2.45, 2.75) is 32.5 Å². The minimum Gasteiger partial charge on any atom is -0.464 e. The van der Waals surface area contributed by atoms with Gasteiger partial charge in [-0.05, 0) is 36.8 Å². The first-order valence-corrected chi connectivity index (χ1v) is 8.98. The number of amides is 2. The molecule has 0 saturated carbocycles. The van der Waals surface area contributed by atoms with E-state index in [1.165, 1.54) is 12.1 Å². The number of nitrogens with one attached hydrogen (secondary N) is 1. The molecule has 1 N–H and O–H groups in total. The normalized spacial score (nSPS) is 17.6. The summed E-state index contributed by atoms with van der Waals surface area (Å²) in [4.78, 5) is 28.5. The molecule has 3 rings (SSSR count). The largest absolute Gasteiger partial charge is 0.464 e. The number of hydrogen-bond donors (Lipinski definition) is 1. The summed E-state index contributed by atoms with van der Waals surface area (Å²) in [5.74, 6) is 0.866. The van der Waals surface area contributed by atoms with Crippen molar-refractivity contribution in [3.05, 3.63) is 59.3 Å². The molecule has 0 radical (unpaired) electrons. The molecule has 144 valence electrons. The van der Waals surface area contributed by atoms with E-state index in [9.17, 15) is 14.0 Å². The summed E-state index contributed by atoms with van der Waals surface area (Å²) < 4.78 is 19.0. The SMILES string of the molecule is Cc1ccc(CN(C)C(=O)C[C@H]2C(=O)NCCN2Cc2cccc(F)c2)o1. The topological polar surface area (TPSA) is 65.8 Å². The molecule has 1 aliphatic heterocycles. The smallest absolute Gasteiger partial charge is 0.237 e. The zero-order valence-electron chi connectivity index (χ0n) is 15.6. The minimum atomic E-state index is -0.574. The van der Waals surface area contributed by atoms with Crippen LogP contribution in [0.4, 0.5) is 4.39 Å². The molecule has 0 unspecified atom stereocenters. The molecular weight excluding hydrogens is 349 g/mol. The third-order valence-electron chi connectivity index (χ3n) is 4.70. The van der Waals surface area contributed by atoms with Crippen molar-refractivity contribution in [3.63, 3.8) is 0 Å². The maximum absolute atomic E-state index is 13.5. The van der Waals surface area contributed by atoms with Crippen LogP contribution in [0.2, 0.25) is 0 Å². The Balaban J connectivity index is 1.65. The van der Waals surface area contributed by atoms with Crippen LogP contribution in [0, 0.1) is 12.7 Å². The van der Waals surface area contributed by atoms with Crippen LogP contribution in [0.5, 0.6) is 0 Å². The van der Waals surface area contributed by atoms with E-state index in [4.69, 9.17) is 4.42 Å². The van der Waals surface area contributed by atoms with Crippen LogP contribution in [0.25, 0.3) is 0 Å². The highest BCUT2D eigenvalue weighted by molar-refractivity contribution is 5.88. The molecule has 7 heteroatoms. The molecule has 1 aromatic carbocycles. The summed E-state index contributed by atoms with van der Waals surface area (Å²) in [6.07, 6.45) is 0.0668. The van der Waals surface area contributed by atoms with Crippen LogP contribution in [0.3, 0.4) is 0 Å². The van der Waals surface area contributed by atoms with Gasteiger partial charge >= 0.3 is 0 Å². The zero-order valence-corrected chi connectivity index (χ0v) is 15.6. The highest BCUT2D eigenvalue weighted by Crippen LogP contribution is 2.17. The fourth-order valence-corrected chi connectivity index (χ4v) is 3.26. The Morgan fingerprint density at radius 1 is 1.37 bits per heavy atom. The molecule has 1 atom stereocenters. The molecule has 1 saturated heterocycles. The first-order valence-electron chi connectivity index (χ1n) is 8.98. The fraction of sp³-hybridized carbons (Fsp3) is 0.400. The minimum absolute atomic E-state index is 0.0668. The van der Waals surface area contributed by atoms with Gasteiger partial charge in [-0.2, -0.15) is 0 Å². The number of aryl methyl sites for hydroxylation is 1. The van der Waals surface area contributed by atoms with Crippen LogP contribution in [0.1, 0.15) is 23.5 Å². The van der Waals surface area contributed by atoms with E-state index in [2.05, 4.69) is 5.32 Å². The number of carbonyl (C=O) groups excluding carboxylic acids is 2. The lowest BCUT2D eigenvalue weighted by molar-refractivity contribution is -0.138. The molecule has 2 amide bonds. The Labute approximate surface area is 157 Å². The van der Waals surface area contributed by atoms with Gasteiger partial charge in [-0.1, -0.05) is 12.1 Å². The fourth-order valence-electron chi connectivity index (χ4n) is 3.26.